The van der Waals surface area contributed by atoms with E-state index in [4.69, 9.17) is 4.42 Å². The molecule has 1 aromatic rings. The van der Waals surface area contributed by atoms with Crippen molar-refractivity contribution in [1.29, 1.82) is 0 Å². The average Bonchev–Trinajstić information content (AvgIpc) is 2.99. The number of hydrogen-bond donors (Lipinski definition) is 1. The van der Waals surface area contributed by atoms with Gasteiger partial charge >= 0.3 is 0 Å². The molecule has 0 spiro atoms. The molecule has 144 valence electrons. The molecule has 1 N–H and O–H groups in total. The summed E-state index contributed by atoms with van der Waals surface area (Å²) in [6, 6.07) is 3.94. The summed E-state index contributed by atoms with van der Waals surface area (Å²) in [6.07, 6.45) is 4.78. The number of carbonyl (C=O) groups excluding carboxylic acids is 2. The monoisotopic (exact) mass is 361 g/mol. The minimum Gasteiger partial charge on any atom is -0.465 e. The highest BCUT2D eigenvalue weighted by Crippen LogP contribution is 2.30. The van der Waals surface area contributed by atoms with Crippen LogP contribution >= 0.6 is 0 Å². The molecule has 0 unspecified atom stereocenters. The van der Waals surface area contributed by atoms with E-state index in [0.717, 1.165) is 37.2 Å². The maximum absolute atomic E-state index is 12.6. The van der Waals surface area contributed by atoms with Gasteiger partial charge in [-0.05, 0) is 58.8 Å². The third kappa shape index (κ3) is 4.29. The molecular formula is C20H31N3O3. The molecule has 6 heteroatoms. The van der Waals surface area contributed by atoms with Crippen molar-refractivity contribution in [2.75, 3.05) is 33.7 Å². The molecule has 1 atom stereocenters. The largest absolute Gasteiger partial charge is 0.465 e. The Hall–Kier alpha value is -1.82. The molecule has 26 heavy (non-hydrogen) atoms. The van der Waals surface area contributed by atoms with Crippen molar-refractivity contribution in [3.05, 3.63) is 23.7 Å². The number of furan rings is 1. The van der Waals surface area contributed by atoms with E-state index in [0.29, 0.717) is 25.5 Å². The van der Waals surface area contributed by atoms with Gasteiger partial charge in [-0.15, -0.1) is 0 Å². The summed E-state index contributed by atoms with van der Waals surface area (Å²) in [5, 5.41) is 3.09. The van der Waals surface area contributed by atoms with Crippen molar-refractivity contribution in [3.8, 4) is 0 Å². The molecular weight excluding hydrogens is 330 g/mol. The zero-order valence-corrected chi connectivity index (χ0v) is 16.2. The minimum atomic E-state index is 0.00147. The van der Waals surface area contributed by atoms with E-state index in [1.54, 1.807) is 0 Å². The van der Waals surface area contributed by atoms with E-state index in [9.17, 15) is 9.59 Å². The van der Waals surface area contributed by atoms with Crippen molar-refractivity contribution in [2.45, 2.75) is 45.1 Å². The topological polar surface area (TPSA) is 65.8 Å². The molecule has 2 amide bonds. The summed E-state index contributed by atoms with van der Waals surface area (Å²) in [4.78, 5) is 28.9. The number of amides is 2. The van der Waals surface area contributed by atoms with Gasteiger partial charge in [-0.25, -0.2) is 0 Å². The Morgan fingerprint density at radius 3 is 2.38 bits per heavy atom. The third-order valence-corrected chi connectivity index (χ3v) is 5.81. The SMILES string of the molecule is Cc1ccc([C@@H](CNC(=O)C2CCN(C(=O)C3CCC3)CC2)N(C)C)o1. The molecule has 1 aliphatic heterocycles. The molecule has 0 radical (unpaired) electrons. The molecule has 2 fully saturated rings. The highest BCUT2D eigenvalue weighted by atomic mass is 16.3. The third-order valence-electron chi connectivity index (χ3n) is 5.81. The van der Waals surface area contributed by atoms with Crippen molar-refractivity contribution in [2.24, 2.45) is 11.8 Å². The Morgan fingerprint density at radius 2 is 1.88 bits per heavy atom. The maximum atomic E-state index is 12.6. The van der Waals surface area contributed by atoms with Crippen LogP contribution in [0.15, 0.2) is 16.5 Å². The van der Waals surface area contributed by atoms with Crippen LogP contribution < -0.4 is 5.32 Å². The zero-order valence-electron chi connectivity index (χ0n) is 16.2. The number of nitrogens with one attached hydrogen (secondary N) is 1. The quantitative estimate of drug-likeness (QED) is 0.845. The lowest BCUT2D eigenvalue weighted by Crippen LogP contribution is -2.46. The average molecular weight is 361 g/mol. The van der Waals surface area contributed by atoms with Crippen molar-refractivity contribution < 1.29 is 14.0 Å². The second-order valence-corrected chi connectivity index (χ2v) is 7.90. The molecule has 1 saturated heterocycles. The summed E-state index contributed by atoms with van der Waals surface area (Å²) >= 11 is 0. The van der Waals surface area contributed by atoms with Crippen LogP contribution in [0, 0.1) is 18.8 Å². The predicted molar refractivity (Wildman–Crippen MR) is 99.5 cm³/mol. The summed E-state index contributed by atoms with van der Waals surface area (Å²) in [7, 11) is 3.97. The van der Waals surface area contributed by atoms with Crippen LogP contribution in [0.1, 0.15) is 49.7 Å². The van der Waals surface area contributed by atoms with Crippen LogP contribution in [0.5, 0.6) is 0 Å². The van der Waals surface area contributed by atoms with Crippen LogP contribution in [0.2, 0.25) is 0 Å². The first-order valence-electron chi connectivity index (χ1n) is 9.75. The first-order valence-corrected chi connectivity index (χ1v) is 9.75. The predicted octanol–water partition coefficient (Wildman–Crippen LogP) is 2.35. The van der Waals surface area contributed by atoms with Gasteiger partial charge in [0.25, 0.3) is 0 Å². The lowest BCUT2D eigenvalue weighted by Gasteiger charge is -2.36. The van der Waals surface area contributed by atoms with Crippen LogP contribution in [-0.4, -0.2) is 55.3 Å². The summed E-state index contributed by atoms with van der Waals surface area (Å²) in [6.45, 7) is 3.87. The highest BCUT2D eigenvalue weighted by Gasteiger charge is 2.33. The number of hydrogen-bond acceptors (Lipinski definition) is 4. The van der Waals surface area contributed by atoms with Crippen molar-refractivity contribution in [3.63, 3.8) is 0 Å². The first-order chi connectivity index (χ1) is 12.5. The van der Waals surface area contributed by atoms with Gasteiger partial charge in [0, 0.05) is 31.5 Å². The van der Waals surface area contributed by atoms with E-state index < -0.39 is 0 Å². The summed E-state index contributed by atoms with van der Waals surface area (Å²) < 4.78 is 5.73. The standard InChI is InChI=1S/C20H31N3O3/c1-14-7-8-18(26-14)17(22(2)3)13-21-19(24)15-9-11-23(12-10-15)20(25)16-5-4-6-16/h7-8,15-17H,4-6,9-13H2,1-3H3,(H,21,24)/t17-/m1/s1. The lowest BCUT2D eigenvalue weighted by molar-refractivity contribution is -0.141. The van der Waals surface area contributed by atoms with Gasteiger partial charge in [0.2, 0.25) is 11.8 Å². The van der Waals surface area contributed by atoms with Gasteiger partial charge in [0.15, 0.2) is 0 Å². The first kappa shape index (κ1) is 19.0. The molecule has 6 nitrogen and oxygen atoms in total. The summed E-state index contributed by atoms with van der Waals surface area (Å²) in [5.41, 5.74) is 0. The normalized spacial score (nSPS) is 20.1. The van der Waals surface area contributed by atoms with E-state index in [2.05, 4.69) is 10.2 Å². The Bertz CT molecular complexity index is 628. The molecule has 1 aromatic heterocycles. The fraction of sp³-hybridized carbons (Fsp3) is 0.700. The number of likely N-dealkylation sites (tertiary alicyclic amines) is 1. The minimum absolute atomic E-state index is 0.00147. The van der Waals surface area contributed by atoms with Crippen LogP contribution in [0.25, 0.3) is 0 Å². The molecule has 2 aliphatic rings. The Morgan fingerprint density at radius 1 is 1.19 bits per heavy atom. The number of carbonyl (C=O) groups is 2. The summed E-state index contributed by atoms with van der Waals surface area (Å²) in [5.74, 6) is 2.39. The van der Waals surface area contributed by atoms with Crippen LogP contribution in [0.3, 0.4) is 0 Å². The number of piperidine rings is 1. The van der Waals surface area contributed by atoms with E-state index in [1.807, 2.05) is 38.1 Å². The lowest BCUT2D eigenvalue weighted by atomic mass is 9.83. The molecule has 0 aromatic carbocycles. The van der Waals surface area contributed by atoms with E-state index in [-0.39, 0.29) is 23.8 Å². The number of likely N-dealkylation sites (N-methyl/N-ethyl adjacent to an activating group) is 1. The molecule has 1 aliphatic carbocycles. The Kier molecular flexibility index (Phi) is 6.01. The van der Waals surface area contributed by atoms with Gasteiger partial charge in [-0.3, -0.25) is 14.5 Å². The van der Waals surface area contributed by atoms with Crippen molar-refractivity contribution in [1.82, 2.24) is 15.1 Å². The number of nitrogens with zero attached hydrogens (tertiary/aromatic N) is 2. The Balaban J connectivity index is 1.47. The zero-order chi connectivity index (χ0) is 18.7. The highest BCUT2D eigenvalue weighted by molar-refractivity contribution is 5.81. The van der Waals surface area contributed by atoms with E-state index >= 15 is 0 Å². The molecule has 2 heterocycles. The molecule has 0 bridgehead atoms. The van der Waals surface area contributed by atoms with Gasteiger partial charge in [-0.2, -0.15) is 0 Å². The fourth-order valence-corrected chi connectivity index (χ4v) is 3.79. The number of rotatable bonds is 6. The van der Waals surface area contributed by atoms with Gasteiger partial charge in [0.05, 0.1) is 6.04 Å². The van der Waals surface area contributed by atoms with Crippen LogP contribution in [-0.2, 0) is 9.59 Å². The molecule has 3 rings (SSSR count). The second kappa shape index (κ2) is 8.25. The van der Waals surface area contributed by atoms with E-state index in [1.165, 1.54) is 6.42 Å². The van der Waals surface area contributed by atoms with Gasteiger partial charge in [-0.1, -0.05) is 6.42 Å². The molecule has 1 saturated carbocycles. The smallest absolute Gasteiger partial charge is 0.225 e. The van der Waals surface area contributed by atoms with Crippen LogP contribution in [0.4, 0.5) is 0 Å². The fourth-order valence-electron chi connectivity index (χ4n) is 3.79. The Labute approximate surface area is 155 Å². The van der Waals surface area contributed by atoms with Gasteiger partial charge in [0.1, 0.15) is 11.5 Å². The van der Waals surface area contributed by atoms with Crippen molar-refractivity contribution >= 4 is 11.8 Å². The number of aryl methyl sites for hydroxylation is 1. The maximum Gasteiger partial charge on any atom is 0.225 e. The second-order valence-electron chi connectivity index (χ2n) is 7.90. The van der Waals surface area contributed by atoms with Gasteiger partial charge < -0.3 is 14.6 Å².